The van der Waals surface area contributed by atoms with Gasteiger partial charge in [0.15, 0.2) is 11.6 Å². The van der Waals surface area contributed by atoms with Gasteiger partial charge >= 0.3 is 6.18 Å². The molecule has 0 unspecified atom stereocenters. The number of anilines is 1. The quantitative estimate of drug-likeness (QED) is 0.273. The SMILES string of the molecule is C=CCc1ccccc1OCc1ccc(C(=O)Nc2cc(C)n(Cc3cccc(C(F)(F)F)c3)n2)o1. The summed E-state index contributed by atoms with van der Waals surface area (Å²) in [4.78, 5) is 12.6. The second-order valence-corrected chi connectivity index (χ2v) is 8.14. The molecule has 1 N–H and O–H groups in total. The second-order valence-electron chi connectivity index (χ2n) is 8.14. The zero-order valence-electron chi connectivity index (χ0n) is 19.5. The zero-order valence-corrected chi connectivity index (χ0v) is 19.5. The summed E-state index contributed by atoms with van der Waals surface area (Å²) in [6.45, 7) is 5.77. The molecule has 0 fully saturated rings. The maximum atomic E-state index is 13.0. The van der Waals surface area contributed by atoms with Crippen LogP contribution in [0.15, 0.2) is 83.8 Å². The van der Waals surface area contributed by atoms with Crippen LogP contribution in [0.25, 0.3) is 0 Å². The van der Waals surface area contributed by atoms with Crippen molar-refractivity contribution in [2.24, 2.45) is 0 Å². The molecule has 0 saturated heterocycles. The number of carbonyl (C=O) groups is 1. The van der Waals surface area contributed by atoms with E-state index in [9.17, 15) is 18.0 Å². The fourth-order valence-electron chi connectivity index (χ4n) is 3.62. The highest BCUT2D eigenvalue weighted by Crippen LogP contribution is 2.30. The standard InChI is InChI=1S/C27H24F3N3O3/c1-3-7-20-9-4-5-11-23(20)35-17-22-12-13-24(36-22)26(34)31-25-14-18(2)33(32-25)16-19-8-6-10-21(15-19)27(28,29)30/h3-6,8-15H,1,7,16-17H2,2H3,(H,31,32,34). The molecule has 0 aliphatic heterocycles. The van der Waals surface area contributed by atoms with Crippen LogP contribution in [-0.2, 0) is 25.7 Å². The van der Waals surface area contributed by atoms with Crippen molar-refractivity contribution in [1.82, 2.24) is 9.78 Å². The van der Waals surface area contributed by atoms with E-state index in [4.69, 9.17) is 9.15 Å². The summed E-state index contributed by atoms with van der Waals surface area (Å²) in [6.07, 6.45) is -1.96. The summed E-state index contributed by atoms with van der Waals surface area (Å²) in [5.74, 6) is 1.02. The third-order valence-electron chi connectivity index (χ3n) is 5.40. The lowest BCUT2D eigenvalue weighted by molar-refractivity contribution is -0.137. The lowest BCUT2D eigenvalue weighted by atomic mass is 10.1. The Labute approximate surface area is 206 Å². The number of aryl methyl sites for hydroxylation is 1. The number of rotatable bonds is 9. The molecule has 2 aromatic heterocycles. The molecule has 4 rings (SSSR count). The molecule has 0 aliphatic carbocycles. The van der Waals surface area contributed by atoms with Crippen LogP contribution in [0.5, 0.6) is 5.75 Å². The minimum Gasteiger partial charge on any atom is -0.485 e. The molecule has 4 aromatic rings. The van der Waals surface area contributed by atoms with Crippen molar-refractivity contribution in [2.75, 3.05) is 5.32 Å². The van der Waals surface area contributed by atoms with Gasteiger partial charge < -0.3 is 14.5 Å². The summed E-state index contributed by atoms with van der Waals surface area (Å²) in [5.41, 5.74) is 1.39. The van der Waals surface area contributed by atoms with Crippen LogP contribution in [0, 0.1) is 6.92 Å². The van der Waals surface area contributed by atoms with Gasteiger partial charge in [-0.05, 0) is 54.8 Å². The van der Waals surface area contributed by atoms with Gasteiger partial charge in [0.05, 0.1) is 12.1 Å². The van der Waals surface area contributed by atoms with Crippen molar-refractivity contribution >= 4 is 11.7 Å². The number of hydrogen-bond donors (Lipinski definition) is 1. The van der Waals surface area contributed by atoms with E-state index >= 15 is 0 Å². The molecule has 0 spiro atoms. The Balaban J connectivity index is 1.38. The average Bonchev–Trinajstić information content (AvgIpc) is 3.45. The molecule has 2 aromatic carbocycles. The van der Waals surface area contributed by atoms with E-state index in [0.717, 1.165) is 17.7 Å². The predicted molar refractivity (Wildman–Crippen MR) is 129 cm³/mol. The first-order chi connectivity index (χ1) is 17.2. The number of furan rings is 1. The van der Waals surface area contributed by atoms with Gasteiger partial charge in [0.25, 0.3) is 5.91 Å². The van der Waals surface area contributed by atoms with Gasteiger partial charge in [-0.3, -0.25) is 9.48 Å². The Kier molecular flexibility index (Phi) is 7.28. The van der Waals surface area contributed by atoms with Gasteiger partial charge in [-0.25, -0.2) is 0 Å². The Bertz CT molecular complexity index is 1370. The van der Waals surface area contributed by atoms with E-state index in [2.05, 4.69) is 17.0 Å². The summed E-state index contributed by atoms with van der Waals surface area (Å²) >= 11 is 0. The Morgan fingerprint density at radius 1 is 1.14 bits per heavy atom. The maximum absolute atomic E-state index is 13.0. The minimum absolute atomic E-state index is 0.0815. The number of hydrogen-bond acceptors (Lipinski definition) is 4. The fraction of sp³-hybridized carbons (Fsp3) is 0.185. The molecule has 0 radical (unpaired) electrons. The summed E-state index contributed by atoms with van der Waals surface area (Å²) in [5, 5.41) is 6.96. The van der Waals surface area contributed by atoms with Crippen molar-refractivity contribution in [3.63, 3.8) is 0 Å². The Hall–Kier alpha value is -4.27. The number of ether oxygens (including phenoxy) is 1. The number of nitrogens with zero attached hydrogens (tertiary/aromatic N) is 2. The Morgan fingerprint density at radius 2 is 1.94 bits per heavy atom. The number of nitrogens with one attached hydrogen (secondary N) is 1. The topological polar surface area (TPSA) is 69.3 Å². The van der Waals surface area contributed by atoms with Crippen LogP contribution in [0.1, 0.15) is 38.7 Å². The second kappa shape index (κ2) is 10.6. The molecule has 9 heteroatoms. The minimum atomic E-state index is -4.42. The Morgan fingerprint density at radius 3 is 2.72 bits per heavy atom. The van der Waals surface area contributed by atoms with Crippen LogP contribution >= 0.6 is 0 Å². The first-order valence-electron chi connectivity index (χ1n) is 11.1. The van der Waals surface area contributed by atoms with Gasteiger partial charge in [0.2, 0.25) is 0 Å². The highest BCUT2D eigenvalue weighted by atomic mass is 19.4. The first-order valence-corrected chi connectivity index (χ1v) is 11.1. The average molecular weight is 496 g/mol. The molecular weight excluding hydrogens is 471 g/mol. The lowest BCUT2D eigenvalue weighted by Gasteiger charge is -2.09. The van der Waals surface area contributed by atoms with E-state index in [-0.39, 0.29) is 24.7 Å². The fourth-order valence-corrected chi connectivity index (χ4v) is 3.62. The van der Waals surface area contributed by atoms with Crippen molar-refractivity contribution in [3.05, 3.63) is 113 Å². The highest BCUT2D eigenvalue weighted by Gasteiger charge is 2.30. The van der Waals surface area contributed by atoms with Crippen molar-refractivity contribution in [3.8, 4) is 5.75 Å². The summed E-state index contributed by atoms with van der Waals surface area (Å²) in [6, 6.07) is 17.5. The van der Waals surface area contributed by atoms with Gasteiger partial charge in [-0.1, -0.05) is 36.4 Å². The van der Waals surface area contributed by atoms with Gasteiger partial charge in [-0.15, -0.1) is 6.58 Å². The monoisotopic (exact) mass is 495 g/mol. The third kappa shape index (κ3) is 6.04. The van der Waals surface area contributed by atoms with E-state index in [1.165, 1.54) is 16.8 Å². The highest BCUT2D eigenvalue weighted by molar-refractivity contribution is 6.01. The van der Waals surface area contributed by atoms with Crippen LogP contribution < -0.4 is 10.1 Å². The summed E-state index contributed by atoms with van der Waals surface area (Å²) in [7, 11) is 0. The number of aromatic nitrogens is 2. The third-order valence-corrected chi connectivity index (χ3v) is 5.40. The molecule has 0 atom stereocenters. The van der Waals surface area contributed by atoms with Gasteiger partial charge in [0.1, 0.15) is 18.1 Å². The maximum Gasteiger partial charge on any atom is 0.416 e. The largest absolute Gasteiger partial charge is 0.485 e. The molecule has 2 heterocycles. The van der Waals surface area contributed by atoms with E-state index in [0.29, 0.717) is 29.2 Å². The molecule has 1 amide bonds. The van der Waals surface area contributed by atoms with E-state index in [1.807, 2.05) is 24.3 Å². The normalized spacial score (nSPS) is 11.3. The molecule has 6 nitrogen and oxygen atoms in total. The molecular formula is C27H24F3N3O3. The van der Waals surface area contributed by atoms with Crippen molar-refractivity contribution < 1.29 is 27.1 Å². The van der Waals surface area contributed by atoms with Gasteiger partial charge in [0, 0.05) is 11.8 Å². The van der Waals surface area contributed by atoms with Crippen molar-refractivity contribution in [1.29, 1.82) is 0 Å². The zero-order chi connectivity index (χ0) is 25.7. The van der Waals surface area contributed by atoms with Crippen LogP contribution in [-0.4, -0.2) is 15.7 Å². The van der Waals surface area contributed by atoms with Crippen molar-refractivity contribution in [2.45, 2.75) is 32.7 Å². The first kappa shape index (κ1) is 24.8. The van der Waals surface area contributed by atoms with Crippen LogP contribution in [0.2, 0.25) is 0 Å². The van der Waals surface area contributed by atoms with Gasteiger partial charge in [-0.2, -0.15) is 18.3 Å². The smallest absolute Gasteiger partial charge is 0.416 e. The van der Waals surface area contributed by atoms with E-state index in [1.54, 1.807) is 31.2 Å². The van der Waals surface area contributed by atoms with E-state index < -0.39 is 17.6 Å². The number of amides is 1. The number of carbonyl (C=O) groups excluding carboxylic acids is 1. The molecule has 36 heavy (non-hydrogen) atoms. The lowest BCUT2D eigenvalue weighted by Crippen LogP contribution is -2.12. The number of alkyl halides is 3. The van der Waals surface area contributed by atoms with Crippen LogP contribution in [0.4, 0.5) is 19.0 Å². The summed E-state index contributed by atoms with van der Waals surface area (Å²) < 4.78 is 51.9. The predicted octanol–water partition coefficient (Wildman–Crippen LogP) is 6.41. The molecule has 0 bridgehead atoms. The van der Waals surface area contributed by atoms with Crippen LogP contribution in [0.3, 0.4) is 0 Å². The number of para-hydroxylation sites is 1. The molecule has 186 valence electrons. The molecule has 0 saturated carbocycles. The number of halogens is 3. The number of allylic oxidation sites excluding steroid dienone is 1. The number of benzene rings is 2. The molecule has 0 aliphatic rings.